The molecule has 2 aromatic rings. The van der Waals surface area contributed by atoms with Gasteiger partial charge in [0.05, 0.1) is 11.0 Å². The van der Waals surface area contributed by atoms with E-state index in [4.69, 9.17) is 4.98 Å². The second-order valence-electron chi connectivity index (χ2n) is 6.52. The maximum Gasteiger partial charge on any atom is 0.160 e. The van der Waals surface area contributed by atoms with Crippen LogP contribution in [0.25, 0.3) is 11.2 Å². The van der Waals surface area contributed by atoms with E-state index in [1.807, 2.05) is 12.1 Å². The molecule has 2 aliphatic rings. The van der Waals surface area contributed by atoms with Gasteiger partial charge in [-0.2, -0.15) is 0 Å². The molecule has 1 unspecified atom stereocenters. The van der Waals surface area contributed by atoms with Gasteiger partial charge in [-0.3, -0.25) is 0 Å². The second-order valence-corrected chi connectivity index (χ2v) is 8.92. The molecule has 1 saturated heterocycles. The number of aromatic nitrogens is 3. The minimum Gasteiger partial charge on any atom is -0.310 e. The standard InChI is InChI=1S/C16H21N3O2S/c20-22(21)10-2-1-7-13(22)11-15-18-14-8-4-9-17-16(14)19(15)12-5-3-6-12/h4,8-9,12-13H,1-3,5-7,10-11H2. The Balaban J connectivity index is 1.74. The van der Waals surface area contributed by atoms with Crippen LogP contribution in [0.2, 0.25) is 0 Å². The van der Waals surface area contributed by atoms with Crippen molar-refractivity contribution in [1.29, 1.82) is 0 Å². The number of pyridine rings is 1. The lowest BCUT2D eigenvalue weighted by Gasteiger charge is -2.30. The van der Waals surface area contributed by atoms with Gasteiger partial charge in [0.25, 0.3) is 0 Å². The third-order valence-electron chi connectivity index (χ3n) is 5.08. The van der Waals surface area contributed by atoms with Crippen molar-refractivity contribution in [2.24, 2.45) is 0 Å². The lowest BCUT2D eigenvalue weighted by atomic mass is 9.92. The zero-order valence-electron chi connectivity index (χ0n) is 12.6. The predicted octanol–water partition coefficient (Wildman–Crippen LogP) is 2.67. The minimum atomic E-state index is -2.96. The molecule has 0 bridgehead atoms. The summed E-state index contributed by atoms with van der Waals surface area (Å²) < 4.78 is 26.8. The number of hydrogen-bond donors (Lipinski definition) is 0. The van der Waals surface area contributed by atoms with E-state index in [0.29, 0.717) is 18.2 Å². The summed E-state index contributed by atoms with van der Waals surface area (Å²) in [7, 11) is -2.96. The second kappa shape index (κ2) is 5.33. The highest BCUT2D eigenvalue weighted by Crippen LogP contribution is 2.36. The molecule has 3 heterocycles. The minimum absolute atomic E-state index is 0.267. The van der Waals surface area contributed by atoms with Gasteiger partial charge in [0.2, 0.25) is 0 Å². The molecule has 2 fully saturated rings. The lowest BCUT2D eigenvalue weighted by Crippen LogP contribution is -2.32. The fourth-order valence-electron chi connectivity index (χ4n) is 3.60. The highest BCUT2D eigenvalue weighted by molar-refractivity contribution is 7.92. The zero-order chi connectivity index (χ0) is 15.2. The van der Waals surface area contributed by atoms with E-state index in [1.54, 1.807) is 6.20 Å². The van der Waals surface area contributed by atoms with Crippen LogP contribution in [-0.2, 0) is 16.3 Å². The van der Waals surface area contributed by atoms with Crippen molar-refractivity contribution in [2.45, 2.75) is 56.2 Å². The number of hydrogen-bond acceptors (Lipinski definition) is 4. The van der Waals surface area contributed by atoms with E-state index in [0.717, 1.165) is 49.1 Å². The third kappa shape index (κ3) is 2.33. The van der Waals surface area contributed by atoms with Crippen LogP contribution >= 0.6 is 0 Å². The Bertz CT molecular complexity index is 793. The van der Waals surface area contributed by atoms with Gasteiger partial charge in [-0.25, -0.2) is 18.4 Å². The van der Waals surface area contributed by atoms with Gasteiger partial charge in [0.15, 0.2) is 15.5 Å². The molecule has 1 atom stereocenters. The van der Waals surface area contributed by atoms with Crippen LogP contribution in [0, 0.1) is 0 Å². The zero-order valence-corrected chi connectivity index (χ0v) is 13.4. The first-order chi connectivity index (χ1) is 10.6. The molecule has 1 saturated carbocycles. The number of nitrogens with zero attached hydrogens (tertiary/aromatic N) is 3. The first-order valence-corrected chi connectivity index (χ1v) is 9.90. The van der Waals surface area contributed by atoms with Crippen LogP contribution in [0.1, 0.15) is 50.4 Å². The van der Waals surface area contributed by atoms with Crippen molar-refractivity contribution in [3.05, 3.63) is 24.2 Å². The number of fused-ring (bicyclic) bond motifs is 1. The van der Waals surface area contributed by atoms with Crippen LogP contribution in [-0.4, -0.2) is 34.0 Å². The van der Waals surface area contributed by atoms with Crippen LogP contribution < -0.4 is 0 Å². The normalized spacial score (nSPS) is 25.2. The average Bonchev–Trinajstić information content (AvgIpc) is 2.78. The van der Waals surface area contributed by atoms with Crippen molar-refractivity contribution in [3.63, 3.8) is 0 Å². The summed E-state index contributed by atoms with van der Waals surface area (Å²) in [5.41, 5.74) is 1.80. The Kier molecular flexibility index (Phi) is 3.44. The number of rotatable bonds is 3. The molecule has 2 aromatic heterocycles. The topological polar surface area (TPSA) is 64.8 Å². The van der Waals surface area contributed by atoms with Crippen LogP contribution in [0.15, 0.2) is 18.3 Å². The van der Waals surface area contributed by atoms with Crippen molar-refractivity contribution in [1.82, 2.24) is 14.5 Å². The smallest absolute Gasteiger partial charge is 0.160 e. The van der Waals surface area contributed by atoms with E-state index in [9.17, 15) is 8.42 Å². The monoisotopic (exact) mass is 319 g/mol. The maximum atomic E-state index is 12.3. The summed E-state index contributed by atoms with van der Waals surface area (Å²) in [6.45, 7) is 0. The van der Waals surface area contributed by atoms with Gasteiger partial charge in [0, 0.05) is 18.7 Å². The Morgan fingerprint density at radius 1 is 1.18 bits per heavy atom. The van der Waals surface area contributed by atoms with Crippen LogP contribution in [0.5, 0.6) is 0 Å². The van der Waals surface area contributed by atoms with Crippen molar-refractivity contribution in [2.75, 3.05) is 5.75 Å². The van der Waals surface area contributed by atoms with E-state index >= 15 is 0 Å². The van der Waals surface area contributed by atoms with Gasteiger partial charge < -0.3 is 4.57 Å². The highest BCUT2D eigenvalue weighted by atomic mass is 32.2. The molecule has 0 aromatic carbocycles. The summed E-state index contributed by atoms with van der Waals surface area (Å²) in [6.07, 6.45) is 8.43. The quantitative estimate of drug-likeness (QED) is 0.872. The molecule has 4 rings (SSSR count). The Labute approximate surface area is 130 Å². The Morgan fingerprint density at radius 3 is 2.77 bits per heavy atom. The van der Waals surface area contributed by atoms with Gasteiger partial charge in [-0.05, 0) is 44.2 Å². The molecular weight excluding hydrogens is 298 g/mol. The Hall–Kier alpha value is -1.43. The fourth-order valence-corrected chi connectivity index (χ4v) is 5.47. The summed E-state index contributed by atoms with van der Waals surface area (Å²) >= 11 is 0. The predicted molar refractivity (Wildman–Crippen MR) is 85.5 cm³/mol. The molecule has 1 aliphatic carbocycles. The van der Waals surface area contributed by atoms with Crippen molar-refractivity contribution in [3.8, 4) is 0 Å². The van der Waals surface area contributed by atoms with E-state index < -0.39 is 9.84 Å². The number of sulfone groups is 1. The average molecular weight is 319 g/mol. The molecule has 5 nitrogen and oxygen atoms in total. The van der Waals surface area contributed by atoms with Crippen molar-refractivity contribution < 1.29 is 8.42 Å². The summed E-state index contributed by atoms with van der Waals surface area (Å²) in [5.74, 6) is 1.24. The molecule has 0 spiro atoms. The summed E-state index contributed by atoms with van der Waals surface area (Å²) in [4.78, 5) is 9.20. The molecular formula is C16H21N3O2S. The molecule has 22 heavy (non-hydrogen) atoms. The van der Waals surface area contributed by atoms with Crippen LogP contribution in [0.3, 0.4) is 0 Å². The fraction of sp³-hybridized carbons (Fsp3) is 0.625. The SMILES string of the molecule is O=S1(=O)CCCCC1Cc1nc2cccnc2n1C1CCC1. The van der Waals surface area contributed by atoms with Gasteiger partial charge in [-0.1, -0.05) is 6.42 Å². The van der Waals surface area contributed by atoms with E-state index in [-0.39, 0.29) is 5.25 Å². The van der Waals surface area contributed by atoms with Gasteiger partial charge >= 0.3 is 0 Å². The maximum absolute atomic E-state index is 12.3. The molecule has 1 aliphatic heterocycles. The van der Waals surface area contributed by atoms with E-state index in [1.165, 1.54) is 6.42 Å². The molecule has 0 N–H and O–H groups in total. The van der Waals surface area contributed by atoms with E-state index in [2.05, 4.69) is 9.55 Å². The van der Waals surface area contributed by atoms with Crippen molar-refractivity contribution >= 4 is 21.0 Å². The Morgan fingerprint density at radius 2 is 2.05 bits per heavy atom. The third-order valence-corrected chi connectivity index (χ3v) is 7.36. The highest BCUT2D eigenvalue weighted by Gasteiger charge is 2.32. The van der Waals surface area contributed by atoms with Gasteiger partial charge in [-0.15, -0.1) is 0 Å². The molecule has 0 amide bonds. The summed E-state index contributed by atoms with van der Waals surface area (Å²) in [6, 6.07) is 4.30. The first kappa shape index (κ1) is 14.2. The lowest BCUT2D eigenvalue weighted by molar-refractivity contribution is 0.311. The van der Waals surface area contributed by atoms with Gasteiger partial charge in [0.1, 0.15) is 11.3 Å². The molecule has 118 valence electrons. The largest absolute Gasteiger partial charge is 0.310 e. The summed E-state index contributed by atoms with van der Waals surface area (Å²) in [5, 5.41) is -0.267. The molecule has 0 radical (unpaired) electrons. The first-order valence-electron chi connectivity index (χ1n) is 8.18. The van der Waals surface area contributed by atoms with Crippen LogP contribution in [0.4, 0.5) is 0 Å². The number of imidazole rings is 1. The molecule has 6 heteroatoms.